The van der Waals surface area contributed by atoms with Gasteiger partial charge >= 0.3 is 5.95 Å². The molecule has 0 aromatic heterocycles. The van der Waals surface area contributed by atoms with Crippen LogP contribution in [0.15, 0.2) is 11.6 Å². The Morgan fingerprint density at radius 1 is 1.40 bits per heavy atom. The molecule has 0 aliphatic heterocycles. The molecule has 0 aliphatic rings. The summed E-state index contributed by atoms with van der Waals surface area (Å²) in [7, 11) is 1.26. The maximum absolute atomic E-state index is 10.6. The minimum Gasteiger partial charge on any atom is -0.465 e. The van der Waals surface area contributed by atoms with Crippen LogP contribution in [0.1, 0.15) is 13.8 Å². The van der Waals surface area contributed by atoms with Crippen LogP contribution < -0.4 is 5.32 Å². The Morgan fingerprint density at radius 2 is 1.90 bits per heavy atom. The maximum atomic E-state index is 10.6. The van der Waals surface area contributed by atoms with Crippen LogP contribution in [0.5, 0.6) is 0 Å². The Morgan fingerprint density at radius 3 is 2.20 bits per heavy atom. The second kappa shape index (κ2) is 3.76. The Hall–Kier alpha value is -1.19. The van der Waals surface area contributed by atoms with Gasteiger partial charge in [0.25, 0.3) is 0 Å². The lowest BCUT2D eigenvalue weighted by molar-refractivity contribution is -0.118. The van der Waals surface area contributed by atoms with Crippen molar-refractivity contribution in [2.24, 2.45) is 0 Å². The minimum absolute atomic E-state index is 0.204. The van der Waals surface area contributed by atoms with Crippen molar-refractivity contribution >= 4 is 5.91 Å². The van der Waals surface area contributed by atoms with Crippen molar-refractivity contribution in [3.63, 3.8) is 0 Å². The van der Waals surface area contributed by atoms with Gasteiger partial charge in [0.05, 0.1) is 7.11 Å². The minimum atomic E-state index is -0.518. The molecule has 0 atom stereocenters. The van der Waals surface area contributed by atoms with Crippen LogP contribution in [0.2, 0.25) is 0 Å². The highest BCUT2D eigenvalue weighted by atomic mass is 16.6. The first kappa shape index (κ1) is 8.81. The third-order valence-corrected chi connectivity index (χ3v) is 0.855. The van der Waals surface area contributed by atoms with Gasteiger partial charge < -0.3 is 10.1 Å². The standard InChI is InChI=1S/C6H10NO3/c1-4(6(9)10-3)7-5(2)8/h1-3H3,(H,7,8). The van der Waals surface area contributed by atoms with Gasteiger partial charge in [-0.3, -0.25) is 4.79 Å². The number of amides is 1. The average Bonchev–Trinajstić information content (AvgIpc) is 1.85. The summed E-state index contributed by atoms with van der Waals surface area (Å²) in [5, 5.41) is 12.9. The number of carbonyl (C=O) groups excluding carboxylic acids is 1. The van der Waals surface area contributed by atoms with E-state index in [0.29, 0.717) is 0 Å². The van der Waals surface area contributed by atoms with Crippen LogP contribution in [-0.2, 0) is 14.6 Å². The van der Waals surface area contributed by atoms with Crippen molar-refractivity contribution in [1.82, 2.24) is 5.32 Å². The summed E-state index contributed by atoms with van der Waals surface area (Å²) in [4.78, 5) is 10.3. The fourth-order valence-electron chi connectivity index (χ4n) is 0.468. The van der Waals surface area contributed by atoms with Gasteiger partial charge in [0, 0.05) is 6.92 Å². The van der Waals surface area contributed by atoms with Crippen LogP contribution in [0.25, 0.3) is 0 Å². The lowest BCUT2D eigenvalue weighted by Gasteiger charge is -2.00. The van der Waals surface area contributed by atoms with Crippen molar-refractivity contribution in [3.05, 3.63) is 11.6 Å². The van der Waals surface area contributed by atoms with E-state index in [4.69, 9.17) is 0 Å². The summed E-state index contributed by atoms with van der Waals surface area (Å²) in [5.41, 5.74) is 0.204. The number of hydrogen-bond acceptors (Lipinski definition) is 2. The highest BCUT2D eigenvalue weighted by Gasteiger charge is 2.02. The van der Waals surface area contributed by atoms with E-state index in [0.717, 1.165) is 0 Å². The van der Waals surface area contributed by atoms with Crippen LogP contribution in [0.3, 0.4) is 0 Å². The Labute approximate surface area is 59.5 Å². The van der Waals surface area contributed by atoms with E-state index >= 15 is 0 Å². The molecule has 1 radical (unpaired) electrons. The molecular weight excluding hydrogens is 134 g/mol. The molecule has 0 aromatic carbocycles. The molecule has 0 fully saturated rings. The first-order valence-corrected chi connectivity index (χ1v) is 2.77. The molecule has 0 saturated heterocycles. The average molecular weight is 144 g/mol. The van der Waals surface area contributed by atoms with Crippen LogP contribution in [0.4, 0.5) is 0 Å². The molecule has 0 heterocycles. The van der Waals surface area contributed by atoms with Crippen LogP contribution in [0, 0.1) is 0 Å². The van der Waals surface area contributed by atoms with Crippen molar-refractivity contribution in [1.29, 1.82) is 0 Å². The van der Waals surface area contributed by atoms with E-state index < -0.39 is 5.95 Å². The predicted octanol–water partition coefficient (Wildman–Crippen LogP) is 0.388. The van der Waals surface area contributed by atoms with Gasteiger partial charge in [0.2, 0.25) is 5.91 Å². The lowest BCUT2D eigenvalue weighted by Crippen LogP contribution is -2.18. The smallest absolute Gasteiger partial charge is 0.349 e. The molecule has 4 nitrogen and oxygen atoms in total. The van der Waals surface area contributed by atoms with Gasteiger partial charge in [-0.05, 0) is 6.92 Å². The Kier molecular flexibility index (Phi) is 3.32. The molecule has 1 N–H and O–H groups in total. The Bertz CT molecular complexity index is 162. The van der Waals surface area contributed by atoms with E-state index in [1.54, 1.807) is 0 Å². The zero-order valence-corrected chi connectivity index (χ0v) is 6.22. The second-order valence-corrected chi connectivity index (χ2v) is 1.80. The van der Waals surface area contributed by atoms with Crippen molar-refractivity contribution in [2.75, 3.05) is 7.11 Å². The van der Waals surface area contributed by atoms with Crippen LogP contribution in [-0.4, -0.2) is 13.0 Å². The molecule has 0 saturated carbocycles. The molecule has 0 aliphatic carbocycles. The highest BCUT2D eigenvalue weighted by Crippen LogP contribution is 1.96. The molecule has 0 aromatic rings. The molecule has 0 unspecified atom stereocenters. The largest absolute Gasteiger partial charge is 0.465 e. The zero-order valence-electron chi connectivity index (χ0n) is 6.22. The van der Waals surface area contributed by atoms with Crippen molar-refractivity contribution in [2.45, 2.75) is 13.8 Å². The van der Waals surface area contributed by atoms with Gasteiger partial charge in [0.1, 0.15) is 5.70 Å². The fraction of sp³-hybridized carbons (Fsp3) is 0.500. The van der Waals surface area contributed by atoms with Gasteiger partial charge in [-0.25, -0.2) is 5.11 Å². The lowest BCUT2D eigenvalue weighted by atomic mass is 10.5. The van der Waals surface area contributed by atoms with Gasteiger partial charge in [-0.15, -0.1) is 0 Å². The molecule has 10 heavy (non-hydrogen) atoms. The summed E-state index contributed by atoms with van der Waals surface area (Å²) < 4.78 is 4.32. The summed E-state index contributed by atoms with van der Waals surface area (Å²) in [6.45, 7) is 2.81. The second-order valence-electron chi connectivity index (χ2n) is 1.80. The third kappa shape index (κ3) is 2.96. The zero-order chi connectivity index (χ0) is 8.15. The van der Waals surface area contributed by atoms with E-state index in [-0.39, 0.29) is 11.6 Å². The monoisotopic (exact) mass is 144 g/mol. The first-order chi connectivity index (χ1) is 4.57. The molecular formula is C6H10NO3. The van der Waals surface area contributed by atoms with Crippen molar-refractivity contribution < 1.29 is 14.6 Å². The predicted molar refractivity (Wildman–Crippen MR) is 34.2 cm³/mol. The van der Waals surface area contributed by atoms with E-state index in [2.05, 4.69) is 10.1 Å². The SMILES string of the molecule is COC([O])=C(C)NC(C)=O. The number of rotatable bonds is 2. The van der Waals surface area contributed by atoms with E-state index in [1.807, 2.05) is 0 Å². The summed E-state index contributed by atoms with van der Waals surface area (Å²) in [6, 6.07) is 0. The number of nitrogens with one attached hydrogen (secondary N) is 1. The Balaban J connectivity index is 4.04. The van der Waals surface area contributed by atoms with E-state index in [9.17, 15) is 9.90 Å². The molecule has 0 bridgehead atoms. The number of carbonyl (C=O) groups is 1. The number of ether oxygens (including phenoxy) is 1. The number of methoxy groups -OCH3 is 1. The fourth-order valence-corrected chi connectivity index (χ4v) is 0.468. The summed E-state index contributed by atoms with van der Waals surface area (Å²) in [5.74, 6) is -0.793. The summed E-state index contributed by atoms with van der Waals surface area (Å²) in [6.07, 6.45) is 0. The highest BCUT2D eigenvalue weighted by molar-refractivity contribution is 5.74. The van der Waals surface area contributed by atoms with Gasteiger partial charge in [-0.2, -0.15) is 0 Å². The van der Waals surface area contributed by atoms with Gasteiger partial charge in [0.15, 0.2) is 0 Å². The third-order valence-electron chi connectivity index (χ3n) is 0.855. The molecule has 4 heteroatoms. The molecule has 0 rings (SSSR count). The normalized spacial score (nSPS) is 11.9. The molecule has 0 spiro atoms. The topological polar surface area (TPSA) is 58.2 Å². The van der Waals surface area contributed by atoms with E-state index in [1.165, 1.54) is 21.0 Å². The first-order valence-electron chi connectivity index (χ1n) is 2.77. The van der Waals surface area contributed by atoms with Crippen LogP contribution >= 0.6 is 0 Å². The summed E-state index contributed by atoms with van der Waals surface area (Å²) >= 11 is 0. The quantitative estimate of drug-likeness (QED) is 0.570. The molecule has 57 valence electrons. The van der Waals surface area contributed by atoms with Crippen molar-refractivity contribution in [3.8, 4) is 0 Å². The maximum Gasteiger partial charge on any atom is 0.349 e. The number of hydrogen-bond donors (Lipinski definition) is 1. The molecule has 1 amide bonds. The number of allylic oxidation sites excluding steroid dienone is 1. The van der Waals surface area contributed by atoms with Gasteiger partial charge in [-0.1, -0.05) is 0 Å².